The minimum atomic E-state index is 0.499. The van der Waals surface area contributed by atoms with Gasteiger partial charge < -0.3 is 20.5 Å². The van der Waals surface area contributed by atoms with Gasteiger partial charge in [-0.05, 0) is 24.2 Å². The summed E-state index contributed by atoms with van der Waals surface area (Å²) in [5.41, 5.74) is 7.77. The second-order valence-corrected chi connectivity index (χ2v) is 3.47. The Balaban J connectivity index is 3.09. The fourth-order valence-corrected chi connectivity index (χ4v) is 1.62. The summed E-state index contributed by atoms with van der Waals surface area (Å²) < 4.78 is 10.6. The van der Waals surface area contributed by atoms with E-state index in [1.54, 1.807) is 14.2 Å². The Morgan fingerprint density at radius 1 is 1.25 bits per heavy atom. The van der Waals surface area contributed by atoms with Crippen molar-refractivity contribution in [1.29, 1.82) is 0 Å². The van der Waals surface area contributed by atoms with E-state index < -0.39 is 0 Å². The fraction of sp³-hybridized carbons (Fsp3) is 0.500. The molecule has 1 rings (SSSR count). The third-order valence-electron chi connectivity index (χ3n) is 2.42. The van der Waals surface area contributed by atoms with Crippen LogP contribution in [0.15, 0.2) is 12.1 Å². The summed E-state index contributed by atoms with van der Waals surface area (Å²) in [7, 11) is 3.28. The van der Waals surface area contributed by atoms with Crippen LogP contribution in [-0.2, 0) is 13.1 Å². The second kappa shape index (κ2) is 6.35. The van der Waals surface area contributed by atoms with Crippen molar-refractivity contribution in [2.24, 2.45) is 5.73 Å². The third-order valence-corrected chi connectivity index (χ3v) is 2.42. The smallest absolute Gasteiger partial charge is 0.165 e. The molecule has 0 fully saturated rings. The summed E-state index contributed by atoms with van der Waals surface area (Å²) >= 11 is 0. The van der Waals surface area contributed by atoms with Gasteiger partial charge in [-0.25, -0.2) is 0 Å². The SMILES string of the molecule is CCNCc1cc(CN)cc(OC)c1OC. The highest BCUT2D eigenvalue weighted by atomic mass is 16.5. The lowest BCUT2D eigenvalue weighted by Crippen LogP contribution is -2.13. The van der Waals surface area contributed by atoms with Gasteiger partial charge in [0.15, 0.2) is 11.5 Å². The van der Waals surface area contributed by atoms with Crippen LogP contribution < -0.4 is 20.5 Å². The van der Waals surface area contributed by atoms with Gasteiger partial charge in [0.2, 0.25) is 0 Å². The van der Waals surface area contributed by atoms with Gasteiger partial charge in [-0.1, -0.05) is 6.92 Å². The summed E-state index contributed by atoms with van der Waals surface area (Å²) in [5, 5.41) is 3.27. The molecule has 0 aliphatic heterocycles. The van der Waals surface area contributed by atoms with E-state index in [-0.39, 0.29) is 0 Å². The summed E-state index contributed by atoms with van der Waals surface area (Å²) in [5.74, 6) is 1.51. The van der Waals surface area contributed by atoms with Crippen LogP contribution in [-0.4, -0.2) is 20.8 Å². The predicted octanol–water partition coefficient (Wildman–Crippen LogP) is 1.27. The van der Waals surface area contributed by atoms with Crippen molar-refractivity contribution in [1.82, 2.24) is 5.32 Å². The molecule has 0 amide bonds. The highest BCUT2D eigenvalue weighted by Crippen LogP contribution is 2.32. The van der Waals surface area contributed by atoms with Crippen molar-refractivity contribution in [3.63, 3.8) is 0 Å². The number of rotatable bonds is 6. The van der Waals surface area contributed by atoms with Crippen LogP contribution in [0.1, 0.15) is 18.1 Å². The Morgan fingerprint density at radius 2 is 2.00 bits per heavy atom. The quantitative estimate of drug-likeness (QED) is 0.764. The lowest BCUT2D eigenvalue weighted by atomic mass is 10.1. The maximum Gasteiger partial charge on any atom is 0.165 e. The van der Waals surface area contributed by atoms with Gasteiger partial charge in [0.05, 0.1) is 14.2 Å². The Labute approximate surface area is 96.7 Å². The second-order valence-electron chi connectivity index (χ2n) is 3.47. The maximum atomic E-state index is 5.65. The molecule has 0 unspecified atom stereocenters. The summed E-state index contributed by atoms with van der Waals surface area (Å²) in [6.07, 6.45) is 0. The van der Waals surface area contributed by atoms with E-state index >= 15 is 0 Å². The molecule has 0 aliphatic carbocycles. The van der Waals surface area contributed by atoms with Gasteiger partial charge >= 0.3 is 0 Å². The van der Waals surface area contributed by atoms with Gasteiger partial charge in [0.25, 0.3) is 0 Å². The maximum absolute atomic E-state index is 5.65. The third kappa shape index (κ3) is 2.87. The van der Waals surface area contributed by atoms with Gasteiger partial charge in [-0.15, -0.1) is 0 Å². The number of benzene rings is 1. The largest absolute Gasteiger partial charge is 0.493 e. The molecule has 0 bridgehead atoms. The molecule has 4 heteroatoms. The Morgan fingerprint density at radius 3 is 2.50 bits per heavy atom. The number of hydrogen-bond acceptors (Lipinski definition) is 4. The lowest BCUT2D eigenvalue weighted by molar-refractivity contribution is 0.350. The van der Waals surface area contributed by atoms with Crippen LogP contribution in [0.5, 0.6) is 11.5 Å². The van der Waals surface area contributed by atoms with Crippen LogP contribution in [0.25, 0.3) is 0 Å². The summed E-state index contributed by atoms with van der Waals surface area (Å²) in [4.78, 5) is 0. The Bertz CT molecular complexity index is 340. The van der Waals surface area contributed by atoms with Crippen molar-refractivity contribution in [2.45, 2.75) is 20.0 Å². The van der Waals surface area contributed by atoms with E-state index in [1.165, 1.54) is 0 Å². The molecule has 4 nitrogen and oxygen atoms in total. The van der Waals surface area contributed by atoms with E-state index in [9.17, 15) is 0 Å². The molecule has 1 aromatic carbocycles. The van der Waals surface area contributed by atoms with Crippen LogP contribution in [0.2, 0.25) is 0 Å². The molecule has 0 aliphatic rings. The zero-order valence-corrected chi connectivity index (χ0v) is 10.2. The average Bonchev–Trinajstić information content (AvgIpc) is 2.34. The first-order valence-corrected chi connectivity index (χ1v) is 5.41. The molecule has 0 aromatic heterocycles. The fourth-order valence-electron chi connectivity index (χ4n) is 1.62. The summed E-state index contributed by atoms with van der Waals surface area (Å²) in [6.45, 7) is 4.23. The van der Waals surface area contributed by atoms with Gasteiger partial charge in [-0.2, -0.15) is 0 Å². The molecular weight excluding hydrogens is 204 g/mol. The number of nitrogens with one attached hydrogen (secondary N) is 1. The molecule has 0 atom stereocenters. The molecule has 16 heavy (non-hydrogen) atoms. The van der Waals surface area contributed by atoms with Crippen LogP contribution in [0.3, 0.4) is 0 Å². The number of ether oxygens (including phenoxy) is 2. The highest BCUT2D eigenvalue weighted by Gasteiger charge is 2.11. The molecule has 0 saturated carbocycles. The van der Waals surface area contributed by atoms with Crippen molar-refractivity contribution in [3.8, 4) is 11.5 Å². The normalized spacial score (nSPS) is 10.2. The lowest BCUT2D eigenvalue weighted by Gasteiger charge is -2.14. The molecular formula is C12H20N2O2. The van der Waals surface area contributed by atoms with E-state index in [0.717, 1.165) is 35.7 Å². The first-order valence-electron chi connectivity index (χ1n) is 5.41. The number of nitrogens with two attached hydrogens (primary N) is 1. The van der Waals surface area contributed by atoms with Gasteiger partial charge in [0, 0.05) is 18.7 Å². The first kappa shape index (κ1) is 12.8. The molecule has 0 saturated heterocycles. The van der Waals surface area contributed by atoms with Crippen LogP contribution in [0, 0.1) is 0 Å². The van der Waals surface area contributed by atoms with Crippen LogP contribution in [0.4, 0.5) is 0 Å². The van der Waals surface area contributed by atoms with Gasteiger partial charge in [0.1, 0.15) is 0 Å². The standard InChI is InChI=1S/C12H20N2O2/c1-4-14-8-10-5-9(7-13)6-11(15-2)12(10)16-3/h5-6,14H,4,7-8,13H2,1-3H3. The molecule has 90 valence electrons. The van der Waals surface area contributed by atoms with Crippen molar-refractivity contribution >= 4 is 0 Å². The Hall–Kier alpha value is -1.26. The van der Waals surface area contributed by atoms with Crippen molar-refractivity contribution in [3.05, 3.63) is 23.3 Å². The van der Waals surface area contributed by atoms with E-state index in [1.807, 2.05) is 12.1 Å². The predicted molar refractivity (Wildman–Crippen MR) is 64.8 cm³/mol. The van der Waals surface area contributed by atoms with E-state index in [4.69, 9.17) is 15.2 Å². The van der Waals surface area contributed by atoms with Crippen molar-refractivity contribution in [2.75, 3.05) is 20.8 Å². The first-order chi connectivity index (χ1) is 7.76. The molecule has 3 N–H and O–H groups in total. The minimum Gasteiger partial charge on any atom is -0.493 e. The monoisotopic (exact) mass is 224 g/mol. The van der Waals surface area contributed by atoms with E-state index in [2.05, 4.69) is 12.2 Å². The average molecular weight is 224 g/mol. The molecule has 0 spiro atoms. The number of hydrogen-bond donors (Lipinski definition) is 2. The zero-order chi connectivity index (χ0) is 12.0. The Kier molecular flexibility index (Phi) is 5.08. The molecule has 0 heterocycles. The summed E-state index contributed by atoms with van der Waals surface area (Å²) in [6, 6.07) is 3.96. The highest BCUT2D eigenvalue weighted by molar-refractivity contribution is 5.49. The topological polar surface area (TPSA) is 56.5 Å². The number of methoxy groups -OCH3 is 2. The van der Waals surface area contributed by atoms with Gasteiger partial charge in [-0.3, -0.25) is 0 Å². The van der Waals surface area contributed by atoms with Crippen LogP contribution >= 0.6 is 0 Å². The minimum absolute atomic E-state index is 0.499. The molecule has 1 aromatic rings. The van der Waals surface area contributed by atoms with Crippen molar-refractivity contribution < 1.29 is 9.47 Å². The molecule has 0 radical (unpaired) electrons. The zero-order valence-electron chi connectivity index (χ0n) is 10.2. The van der Waals surface area contributed by atoms with E-state index in [0.29, 0.717) is 6.54 Å².